The zero-order chi connectivity index (χ0) is 22.9. The summed E-state index contributed by atoms with van der Waals surface area (Å²) in [5.74, 6) is -0.0311. The van der Waals surface area contributed by atoms with Gasteiger partial charge >= 0.3 is 0 Å². The fourth-order valence-electron chi connectivity index (χ4n) is 2.65. The Morgan fingerprint density at radius 1 is 1.00 bits per heavy atom. The van der Waals surface area contributed by atoms with E-state index in [2.05, 4.69) is 47.7 Å². The molecule has 0 aliphatic rings. The Labute approximate surface area is 203 Å². The standard InChI is InChI=1S/C24H21Br2N3O3/c1-16(28-24(31)21-4-2-3-5-22(21)26)23(30)29-27-14-17-8-12-20(13-9-17)32-15-18-6-10-19(25)11-7-18/h2-14,16H,15H2,1H3,(H,28,31)(H,29,30). The molecule has 0 fully saturated rings. The third-order valence-electron chi connectivity index (χ3n) is 4.45. The van der Waals surface area contributed by atoms with Crippen molar-refractivity contribution in [2.75, 3.05) is 0 Å². The predicted molar refractivity (Wildman–Crippen MR) is 132 cm³/mol. The molecular weight excluding hydrogens is 538 g/mol. The zero-order valence-electron chi connectivity index (χ0n) is 17.2. The first-order chi connectivity index (χ1) is 15.4. The van der Waals surface area contributed by atoms with E-state index in [-0.39, 0.29) is 5.91 Å². The second-order valence-electron chi connectivity index (χ2n) is 6.89. The topological polar surface area (TPSA) is 79.8 Å². The van der Waals surface area contributed by atoms with Gasteiger partial charge in [-0.3, -0.25) is 9.59 Å². The minimum Gasteiger partial charge on any atom is -0.489 e. The number of hydrazone groups is 1. The van der Waals surface area contributed by atoms with Crippen molar-refractivity contribution >= 4 is 49.9 Å². The normalized spacial score (nSPS) is 11.7. The van der Waals surface area contributed by atoms with Crippen molar-refractivity contribution in [2.24, 2.45) is 5.10 Å². The van der Waals surface area contributed by atoms with Crippen LogP contribution in [0.25, 0.3) is 0 Å². The minimum absolute atomic E-state index is 0.345. The lowest BCUT2D eigenvalue weighted by Gasteiger charge is -2.12. The number of halogens is 2. The van der Waals surface area contributed by atoms with Gasteiger partial charge in [-0.15, -0.1) is 0 Å². The van der Waals surface area contributed by atoms with Gasteiger partial charge in [0.05, 0.1) is 11.8 Å². The molecule has 1 unspecified atom stereocenters. The largest absolute Gasteiger partial charge is 0.489 e. The fourth-order valence-corrected chi connectivity index (χ4v) is 3.38. The molecule has 3 rings (SSSR count). The second kappa shape index (κ2) is 11.6. The Hall–Kier alpha value is -2.97. The van der Waals surface area contributed by atoms with Gasteiger partial charge in [-0.1, -0.05) is 40.2 Å². The third-order valence-corrected chi connectivity index (χ3v) is 5.67. The molecule has 0 saturated heterocycles. The van der Waals surface area contributed by atoms with Crippen LogP contribution in [-0.2, 0) is 11.4 Å². The van der Waals surface area contributed by atoms with Crippen LogP contribution in [0.4, 0.5) is 0 Å². The molecule has 1 atom stereocenters. The van der Waals surface area contributed by atoms with Crippen molar-refractivity contribution in [1.29, 1.82) is 0 Å². The predicted octanol–water partition coefficient (Wildman–Crippen LogP) is 5.06. The van der Waals surface area contributed by atoms with Crippen LogP contribution in [0.15, 0.2) is 86.8 Å². The van der Waals surface area contributed by atoms with Gasteiger partial charge in [-0.2, -0.15) is 5.10 Å². The SMILES string of the molecule is CC(NC(=O)c1ccccc1Br)C(=O)NN=Cc1ccc(OCc2ccc(Br)cc2)cc1. The molecule has 0 aliphatic heterocycles. The summed E-state index contributed by atoms with van der Waals surface area (Å²) in [4.78, 5) is 24.5. The average Bonchev–Trinajstić information content (AvgIpc) is 2.79. The molecule has 2 N–H and O–H groups in total. The summed E-state index contributed by atoms with van der Waals surface area (Å²) >= 11 is 6.73. The summed E-state index contributed by atoms with van der Waals surface area (Å²) < 4.78 is 7.46. The molecule has 0 aliphatic carbocycles. The first kappa shape index (κ1) is 23.7. The van der Waals surface area contributed by atoms with Crippen LogP contribution in [0.1, 0.15) is 28.4 Å². The fraction of sp³-hybridized carbons (Fsp3) is 0.125. The molecule has 8 heteroatoms. The number of amides is 2. The number of benzene rings is 3. The van der Waals surface area contributed by atoms with Gasteiger partial charge < -0.3 is 10.1 Å². The zero-order valence-corrected chi connectivity index (χ0v) is 20.4. The molecule has 164 valence electrons. The van der Waals surface area contributed by atoms with Crippen LogP contribution in [0.5, 0.6) is 5.75 Å². The van der Waals surface area contributed by atoms with Crippen LogP contribution in [0, 0.1) is 0 Å². The summed E-state index contributed by atoms with van der Waals surface area (Å²) in [6.07, 6.45) is 1.53. The second-order valence-corrected chi connectivity index (χ2v) is 8.66. The molecule has 3 aromatic carbocycles. The maximum absolute atomic E-state index is 12.3. The highest BCUT2D eigenvalue weighted by Gasteiger charge is 2.17. The van der Waals surface area contributed by atoms with Crippen molar-refractivity contribution in [3.05, 3.63) is 98.4 Å². The van der Waals surface area contributed by atoms with E-state index in [0.29, 0.717) is 16.6 Å². The maximum atomic E-state index is 12.3. The van der Waals surface area contributed by atoms with Crippen LogP contribution < -0.4 is 15.5 Å². The van der Waals surface area contributed by atoms with E-state index in [4.69, 9.17) is 4.74 Å². The van der Waals surface area contributed by atoms with Gasteiger partial charge in [0.2, 0.25) is 0 Å². The molecule has 2 amide bonds. The molecule has 0 heterocycles. The van der Waals surface area contributed by atoms with Crippen molar-refractivity contribution < 1.29 is 14.3 Å². The van der Waals surface area contributed by atoms with Gasteiger partial charge in [0.15, 0.2) is 0 Å². The van der Waals surface area contributed by atoms with Crippen LogP contribution >= 0.6 is 31.9 Å². The molecule has 3 aromatic rings. The van der Waals surface area contributed by atoms with Crippen molar-refractivity contribution in [3.8, 4) is 5.75 Å². The summed E-state index contributed by atoms with van der Waals surface area (Å²) in [6.45, 7) is 2.07. The van der Waals surface area contributed by atoms with E-state index in [1.807, 2.05) is 54.6 Å². The maximum Gasteiger partial charge on any atom is 0.262 e. The lowest BCUT2D eigenvalue weighted by molar-refractivity contribution is -0.122. The first-order valence-electron chi connectivity index (χ1n) is 9.78. The Balaban J connectivity index is 1.46. The number of rotatable bonds is 8. The summed E-state index contributed by atoms with van der Waals surface area (Å²) in [6, 6.07) is 21.5. The van der Waals surface area contributed by atoms with Gasteiger partial charge in [-0.05, 0) is 82.5 Å². The highest BCUT2D eigenvalue weighted by Crippen LogP contribution is 2.16. The number of nitrogens with one attached hydrogen (secondary N) is 2. The number of hydrogen-bond acceptors (Lipinski definition) is 4. The summed E-state index contributed by atoms with van der Waals surface area (Å²) in [5, 5.41) is 6.61. The van der Waals surface area contributed by atoms with Gasteiger partial charge in [0.1, 0.15) is 18.4 Å². The van der Waals surface area contributed by atoms with E-state index in [0.717, 1.165) is 21.3 Å². The molecule has 0 bridgehead atoms. The van der Waals surface area contributed by atoms with E-state index in [1.165, 1.54) is 6.21 Å². The third kappa shape index (κ3) is 7.03. The van der Waals surface area contributed by atoms with E-state index in [1.54, 1.807) is 25.1 Å². The molecule has 0 radical (unpaired) electrons. The number of carbonyl (C=O) groups is 2. The van der Waals surface area contributed by atoms with Crippen LogP contribution in [-0.4, -0.2) is 24.1 Å². The molecule has 0 spiro atoms. The minimum atomic E-state index is -0.749. The van der Waals surface area contributed by atoms with Gasteiger partial charge in [0.25, 0.3) is 11.8 Å². The highest BCUT2D eigenvalue weighted by molar-refractivity contribution is 9.10. The lowest BCUT2D eigenvalue weighted by atomic mass is 10.2. The Morgan fingerprint density at radius 2 is 1.69 bits per heavy atom. The number of carbonyl (C=O) groups excluding carboxylic acids is 2. The van der Waals surface area contributed by atoms with E-state index >= 15 is 0 Å². The van der Waals surface area contributed by atoms with Gasteiger partial charge in [0, 0.05) is 8.95 Å². The Morgan fingerprint density at radius 3 is 2.38 bits per heavy atom. The molecular formula is C24H21Br2N3O3. The molecule has 0 saturated carbocycles. The van der Waals surface area contributed by atoms with Crippen molar-refractivity contribution in [1.82, 2.24) is 10.7 Å². The summed E-state index contributed by atoms with van der Waals surface area (Å²) in [7, 11) is 0. The molecule has 0 aromatic heterocycles. The van der Waals surface area contributed by atoms with E-state index < -0.39 is 11.9 Å². The molecule has 32 heavy (non-hydrogen) atoms. The highest BCUT2D eigenvalue weighted by atomic mass is 79.9. The van der Waals surface area contributed by atoms with Crippen LogP contribution in [0.3, 0.4) is 0 Å². The quantitative estimate of drug-likeness (QED) is 0.299. The number of hydrogen-bond donors (Lipinski definition) is 2. The van der Waals surface area contributed by atoms with Crippen molar-refractivity contribution in [2.45, 2.75) is 19.6 Å². The Bertz CT molecular complexity index is 1100. The smallest absolute Gasteiger partial charge is 0.262 e. The number of nitrogens with zero attached hydrogens (tertiary/aromatic N) is 1. The molecule has 6 nitrogen and oxygen atoms in total. The Kier molecular flexibility index (Phi) is 8.58. The lowest BCUT2D eigenvalue weighted by Crippen LogP contribution is -2.43. The first-order valence-corrected chi connectivity index (χ1v) is 11.4. The monoisotopic (exact) mass is 557 g/mol. The summed E-state index contributed by atoms with van der Waals surface area (Å²) in [5.41, 5.74) is 4.76. The van der Waals surface area contributed by atoms with Crippen LogP contribution in [0.2, 0.25) is 0 Å². The van der Waals surface area contributed by atoms with Crippen molar-refractivity contribution in [3.63, 3.8) is 0 Å². The average molecular weight is 559 g/mol. The van der Waals surface area contributed by atoms with E-state index in [9.17, 15) is 9.59 Å². The van der Waals surface area contributed by atoms with Gasteiger partial charge in [-0.25, -0.2) is 5.43 Å². The number of ether oxygens (including phenoxy) is 1.